The number of pyridine rings is 1. The van der Waals surface area contributed by atoms with E-state index in [1.165, 1.54) is 0 Å². The van der Waals surface area contributed by atoms with Crippen LogP contribution in [0.4, 0.5) is 5.82 Å². The third-order valence-electron chi connectivity index (χ3n) is 4.11. The summed E-state index contributed by atoms with van der Waals surface area (Å²) < 4.78 is 0. The molecule has 4 nitrogen and oxygen atoms in total. The fraction of sp³-hybridized carbons (Fsp3) is 0.625. The number of carboxylic acid groups (broad SMARTS) is 1. The van der Waals surface area contributed by atoms with E-state index in [9.17, 15) is 9.90 Å². The van der Waals surface area contributed by atoms with E-state index in [-0.39, 0.29) is 11.5 Å². The first-order valence-corrected chi connectivity index (χ1v) is 7.41. The number of anilines is 1. The molecule has 2 N–H and O–H groups in total. The molecule has 0 aliphatic carbocycles. The number of hydrogen-bond donors (Lipinski definition) is 2. The lowest BCUT2D eigenvalue weighted by Gasteiger charge is -2.32. The van der Waals surface area contributed by atoms with Gasteiger partial charge >= 0.3 is 5.97 Å². The Labute approximate surface area is 121 Å². The number of hydrogen-bond acceptors (Lipinski definition) is 3. The standard InChI is InChI=1S/C16H26N2O2/c1-6-16(7-2,8-3)18-14-10-12(15(19)20)9-13(17-14)11(4)5/h9-11H,6-8H2,1-5H3,(H,17,18)(H,19,20). The minimum Gasteiger partial charge on any atom is -0.478 e. The van der Waals surface area contributed by atoms with Crippen LogP contribution in [0.25, 0.3) is 0 Å². The van der Waals surface area contributed by atoms with Crippen LogP contribution in [0.15, 0.2) is 12.1 Å². The molecule has 0 amide bonds. The van der Waals surface area contributed by atoms with Crippen LogP contribution in [0.3, 0.4) is 0 Å². The van der Waals surface area contributed by atoms with Crippen LogP contribution in [0.2, 0.25) is 0 Å². The largest absolute Gasteiger partial charge is 0.478 e. The zero-order valence-electron chi connectivity index (χ0n) is 13.2. The molecule has 0 fully saturated rings. The molecule has 0 aromatic carbocycles. The molecule has 1 aromatic rings. The van der Waals surface area contributed by atoms with Gasteiger partial charge in [0, 0.05) is 11.2 Å². The van der Waals surface area contributed by atoms with Crippen molar-refractivity contribution < 1.29 is 9.90 Å². The Hall–Kier alpha value is -1.58. The highest BCUT2D eigenvalue weighted by Crippen LogP contribution is 2.26. The molecule has 0 atom stereocenters. The Morgan fingerprint density at radius 2 is 1.80 bits per heavy atom. The number of nitrogens with one attached hydrogen (secondary N) is 1. The highest BCUT2D eigenvalue weighted by molar-refractivity contribution is 5.88. The van der Waals surface area contributed by atoms with E-state index in [1.54, 1.807) is 12.1 Å². The Morgan fingerprint density at radius 3 is 2.20 bits per heavy atom. The average Bonchev–Trinajstić information content (AvgIpc) is 2.44. The second-order valence-electron chi connectivity index (χ2n) is 5.59. The van der Waals surface area contributed by atoms with Crippen molar-refractivity contribution in [2.24, 2.45) is 0 Å². The SMILES string of the molecule is CCC(CC)(CC)Nc1cc(C(=O)O)cc(C(C)C)n1. The van der Waals surface area contributed by atoms with Gasteiger partial charge < -0.3 is 10.4 Å². The fourth-order valence-corrected chi connectivity index (χ4v) is 2.32. The monoisotopic (exact) mass is 278 g/mol. The smallest absolute Gasteiger partial charge is 0.335 e. The maximum atomic E-state index is 11.2. The molecule has 1 rings (SSSR count). The van der Waals surface area contributed by atoms with Crippen LogP contribution in [0.5, 0.6) is 0 Å². The van der Waals surface area contributed by atoms with E-state index in [4.69, 9.17) is 0 Å². The summed E-state index contributed by atoms with van der Waals surface area (Å²) in [5.41, 5.74) is 1.09. The molecule has 4 heteroatoms. The lowest BCUT2D eigenvalue weighted by molar-refractivity contribution is 0.0696. The molecule has 0 spiro atoms. The normalized spacial score (nSPS) is 11.7. The first kappa shape index (κ1) is 16.5. The number of carbonyl (C=O) groups is 1. The van der Waals surface area contributed by atoms with Gasteiger partial charge in [-0.05, 0) is 37.3 Å². The van der Waals surface area contributed by atoms with Gasteiger partial charge in [-0.3, -0.25) is 0 Å². The van der Waals surface area contributed by atoms with Gasteiger partial charge in [0.15, 0.2) is 0 Å². The van der Waals surface area contributed by atoms with Crippen molar-refractivity contribution in [3.63, 3.8) is 0 Å². The molecule has 1 aromatic heterocycles. The molecule has 0 saturated heterocycles. The molecular weight excluding hydrogens is 252 g/mol. The maximum absolute atomic E-state index is 11.2. The van der Waals surface area contributed by atoms with Crippen LogP contribution in [0, 0.1) is 0 Å². The molecular formula is C16H26N2O2. The Balaban J connectivity index is 3.20. The second kappa shape index (κ2) is 6.73. The maximum Gasteiger partial charge on any atom is 0.335 e. The van der Waals surface area contributed by atoms with Crippen molar-refractivity contribution in [2.75, 3.05) is 5.32 Å². The second-order valence-corrected chi connectivity index (χ2v) is 5.59. The number of aromatic carboxylic acids is 1. The number of carboxylic acids is 1. The predicted molar refractivity (Wildman–Crippen MR) is 82.5 cm³/mol. The molecule has 112 valence electrons. The summed E-state index contributed by atoms with van der Waals surface area (Å²) in [6.45, 7) is 10.5. The summed E-state index contributed by atoms with van der Waals surface area (Å²) in [6, 6.07) is 3.29. The van der Waals surface area contributed by atoms with E-state index in [0.29, 0.717) is 11.4 Å². The highest BCUT2D eigenvalue weighted by atomic mass is 16.4. The van der Waals surface area contributed by atoms with Crippen molar-refractivity contribution in [3.05, 3.63) is 23.4 Å². The Morgan fingerprint density at radius 1 is 1.25 bits per heavy atom. The van der Waals surface area contributed by atoms with Crippen molar-refractivity contribution in [3.8, 4) is 0 Å². The van der Waals surface area contributed by atoms with E-state index >= 15 is 0 Å². The fourth-order valence-electron chi connectivity index (χ4n) is 2.32. The van der Waals surface area contributed by atoms with E-state index in [0.717, 1.165) is 25.0 Å². The third kappa shape index (κ3) is 3.71. The van der Waals surface area contributed by atoms with Gasteiger partial charge in [0.25, 0.3) is 0 Å². The van der Waals surface area contributed by atoms with Gasteiger partial charge in [0.1, 0.15) is 5.82 Å². The summed E-state index contributed by atoms with van der Waals surface area (Å²) in [4.78, 5) is 15.8. The molecule has 20 heavy (non-hydrogen) atoms. The summed E-state index contributed by atoms with van der Waals surface area (Å²) in [7, 11) is 0. The van der Waals surface area contributed by atoms with E-state index in [2.05, 4.69) is 31.1 Å². The molecule has 0 saturated carbocycles. The van der Waals surface area contributed by atoms with Gasteiger partial charge in [0.05, 0.1) is 5.56 Å². The topological polar surface area (TPSA) is 62.2 Å². The lowest BCUT2D eigenvalue weighted by atomic mass is 9.90. The quantitative estimate of drug-likeness (QED) is 0.781. The van der Waals surface area contributed by atoms with Gasteiger partial charge in [0.2, 0.25) is 0 Å². The molecule has 0 radical (unpaired) electrons. The minimum absolute atomic E-state index is 0.0155. The van der Waals surface area contributed by atoms with Crippen molar-refractivity contribution in [2.45, 2.75) is 65.3 Å². The van der Waals surface area contributed by atoms with Crippen LogP contribution < -0.4 is 5.32 Å². The Bertz CT molecular complexity index is 457. The molecule has 0 aliphatic heterocycles. The summed E-state index contributed by atoms with van der Waals surface area (Å²) in [5, 5.41) is 12.7. The summed E-state index contributed by atoms with van der Waals surface area (Å²) >= 11 is 0. The molecule has 0 bridgehead atoms. The summed E-state index contributed by atoms with van der Waals surface area (Å²) in [6.07, 6.45) is 2.95. The molecule has 1 heterocycles. The van der Waals surface area contributed by atoms with Gasteiger partial charge in [-0.1, -0.05) is 34.6 Å². The number of nitrogens with zero attached hydrogens (tertiary/aromatic N) is 1. The van der Waals surface area contributed by atoms with Crippen LogP contribution in [-0.4, -0.2) is 21.6 Å². The van der Waals surface area contributed by atoms with Gasteiger partial charge in [-0.25, -0.2) is 9.78 Å². The predicted octanol–water partition coefficient (Wildman–Crippen LogP) is 4.28. The zero-order valence-corrected chi connectivity index (χ0v) is 13.2. The van der Waals surface area contributed by atoms with Gasteiger partial charge in [-0.2, -0.15) is 0 Å². The first-order valence-electron chi connectivity index (χ1n) is 7.41. The van der Waals surface area contributed by atoms with Gasteiger partial charge in [-0.15, -0.1) is 0 Å². The first-order chi connectivity index (χ1) is 9.37. The van der Waals surface area contributed by atoms with Crippen molar-refractivity contribution in [1.82, 2.24) is 4.98 Å². The third-order valence-corrected chi connectivity index (χ3v) is 4.11. The number of aromatic nitrogens is 1. The Kier molecular flexibility index (Phi) is 5.54. The minimum atomic E-state index is -0.910. The van der Waals surface area contributed by atoms with Crippen molar-refractivity contribution >= 4 is 11.8 Å². The molecule has 0 aliphatic rings. The van der Waals surface area contributed by atoms with Crippen molar-refractivity contribution in [1.29, 1.82) is 0 Å². The average molecular weight is 278 g/mol. The van der Waals surface area contributed by atoms with Crippen LogP contribution in [-0.2, 0) is 0 Å². The van der Waals surface area contributed by atoms with Crippen LogP contribution in [0.1, 0.15) is 75.9 Å². The van der Waals surface area contributed by atoms with E-state index < -0.39 is 5.97 Å². The summed E-state index contributed by atoms with van der Waals surface area (Å²) in [5.74, 6) is -0.0410. The van der Waals surface area contributed by atoms with Crippen LogP contribution >= 0.6 is 0 Å². The lowest BCUT2D eigenvalue weighted by Crippen LogP contribution is -2.36. The molecule has 0 unspecified atom stereocenters. The highest BCUT2D eigenvalue weighted by Gasteiger charge is 2.24. The zero-order chi connectivity index (χ0) is 15.3. The number of rotatable bonds is 7. The van der Waals surface area contributed by atoms with E-state index in [1.807, 2.05) is 13.8 Å².